The van der Waals surface area contributed by atoms with Crippen molar-refractivity contribution in [1.82, 2.24) is 9.88 Å². The van der Waals surface area contributed by atoms with E-state index in [1.807, 2.05) is 36.1 Å². The van der Waals surface area contributed by atoms with Gasteiger partial charge in [0.15, 0.2) is 0 Å². The van der Waals surface area contributed by atoms with Crippen LogP contribution in [-0.4, -0.2) is 35.5 Å². The Morgan fingerprint density at radius 2 is 1.92 bits per heavy atom. The number of rotatable bonds is 3. The molecular weight excluding hydrogens is 298 g/mol. The van der Waals surface area contributed by atoms with E-state index in [-0.39, 0.29) is 5.91 Å². The van der Waals surface area contributed by atoms with E-state index in [4.69, 9.17) is 0 Å². The molecule has 2 aliphatic rings. The highest BCUT2D eigenvalue weighted by Crippen LogP contribution is 2.38. The number of likely N-dealkylation sites (tertiary alicyclic amines) is 1. The van der Waals surface area contributed by atoms with Crippen molar-refractivity contribution in [3.8, 4) is 0 Å². The predicted molar refractivity (Wildman–Crippen MR) is 97.7 cm³/mol. The van der Waals surface area contributed by atoms with E-state index in [1.165, 1.54) is 18.4 Å². The Hall–Kier alpha value is -2.33. The fraction of sp³-hybridized carbons (Fsp3) is 0.350. The molecule has 4 heteroatoms. The number of nitrogens with one attached hydrogen (secondary N) is 1. The first-order chi connectivity index (χ1) is 11.6. The van der Waals surface area contributed by atoms with Crippen molar-refractivity contribution in [2.45, 2.75) is 26.7 Å². The molecule has 0 spiro atoms. The first-order valence-corrected chi connectivity index (χ1v) is 8.65. The predicted octanol–water partition coefficient (Wildman–Crippen LogP) is 3.57. The van der Waals surface area contributed by atoms with Crippen LogP contribution in [0.5, 0.6) is 0 Å². The number of para-hydroxylation sites is 1. The monoisotopic (exact) mass is 321 g/mol. The number of hydrogen-bond acceptors (Lipinski definition) is 2. The second-order valence-corrected chi connectivity index (χ2v) is 6.82. The second kappa shape index (κ2) is 5.95. The Bertz CT molecular complexity index is 812. The molecule has 24 heavy (non-hydrogen) atoms. The van der Waals surface area contributed by atoms with Gasteiger partial charge in [-0.15, -0.1) is 0 Å². The first kappa shape index (κ1) is 15.2. The smallest absolute Gasteiger partial charge is 0.260 e. The molecule has 4 nitrogen and oxygen atoms in total. The van der Waals surface area contributed by atoms with Gasteiger partial charge in [0.2, 0.25) is 0 Å². The summed E-state index contributed by atoms with van der Waals surface area (Å²) in [4.78, 5) is 20.7. The van der Waals surface area contributed by atoms with Crippen LogP contribution in [-0.2, 0) is 4.79 Å². The van der Waals surface area contributed by atoms with Crippen molar-refractivity contribution in [2.24, 2.45) is 0 Å². The molecule has 0 aliphatic carbocycles. The first-order valence-electron chi connectivity index (χ1n) is 8.65. The summed E-state index contributed by atoms with van der Waals surface area (Å²) in [5, 5.41) is 0. The van der Waals surface area contributed by atoms with E-state index in [0.29, 0.717) is 6.67 Å². The largest absolute Gasteiger partial charge is 0.359 e. The lowest BCUT2D eigenvalue weighted by atomic mass is 10.1. The summed E-state index contributed by atoms with van der Waals surface area (Å²) in [6.07, 6.45) is 4.47. The molecular formula is C20H23N3O. The average molecular weight is 321 g/mol. The molecule has 124 valence electrons. The number of aryl methyl sites for hydroxylation is 2. The maximum Gasteiger partial charge on any atom is 0.260 e. The standard InChI is InChI=1S/C20H23N3O/c1-14-11-15(2)21-18(14)12-17-16-7-3-4-8-19(16)23(20(17)24)13-22-9-5-6-10-22/h3-4,7-8,11-12,21H,5-6,9-10,13H2,1-2H3. The number of nitrogens with zero attached hydrogens (tertiary/aromatic N) is 2. The molecule has 0 atom stereocenters. The highest BCUT2D eigenvalue weighted by molar-refractivity contribution is 6.35. The number of aromatic nitrogens is 1. The third kappa shape index (κ3) is 2.57. The minimum Gasteiger partial charge on any atom is -0.359 e. The van der Waals surface area contributed by atoms with Crippen molar-refractivity contribution in [3.05, 3.63) is 52.8 Å². The van der Waals surface area contributed by atoms with Crippen molar-refractivity contribution in [2.75, 3.05) is 24.7 Å². The number of aromatic amines is 1. The van der Waals surface area contributed by atoms with E-state index < -0.39 is 0 Å². The molecule has 1 fully saturated rings. The molecule has 1 amide bonds. The zero-order chi connectivity index (χ0) is 16.7. The lowest BCUT2D eigenvalue weighted by molar-refractivity contribution is -0.113. The van der Waals surface area contributed by atoms with Crippen LogP contribution >= 0.6 is 0 Å². The van der Waals surface area contributed by atoms with Crippen molar-refractivity contribution >= 4 is 23.2 Å². The lowest BCUT2D eigenvalue weighted by Gasteiger charge is -2.24. The van der Waals surface area contributed by atoms with Crippen LogP contribution in [0, 0.1) is 13.8 Å². The lowest BCUT2D eigenvalue weighted by Crippen LogP contribution is -2.38. The van der Waals surface area contributed by atoms with E-state index in [0.717, 1.165) is 41.3 Å². The number of amides is 1. The normalized spacial score (nSPS) is 19.5. The third-order valence-electron chi connectivity index (χ3n) is 4.98. The van der Waals surface area contributed by atoms with Gasteiger partial charge in [-0.3, -0.25) is 14.6 Å². The van der Waals surface area contributed by atoms with E-state index in [1.54, 1.807) is 0 Å². The van der Waals surface area contributed by atoms with Gasteiger partial charge in [0.25, 0.3) is 5.91 Å². The van der Waals surface area contributed by atoms with Crippen LogP contribution in [0.15, 0.2) is 30.3 Å². The fourth-order valence-corrected chi connectivity index (χ4v) is 3.75. The molecule has 4 rings (SSSR count). The van der Waals surface area contributed by atoms with Gasteiger partial charge < -0.3 is 4.98 Å². The molecule has 1 N–H and O–H groups in total. The zero-order valence-corrected chi connectivity index (χ0v) is 14.3. The van der Waals surface area contributed by atoms with E-state index in [2.05, 4.69) is 28.9 Å². The van der Waals surface area contributed by atoms with Crippen LogP contribution in [0.2, 0.25) is 0 Å². The molecule has 0 saturated carbocycles. The molecule has 2 aromatic rings. The number of hydrogen-bond donors (Lipinski definition) is 1. The summed E-state index contributed by atoms with van der Waals surface area (Å²) in [6, 6.07) is 10.2. The van der Waals surface area contributed by atoms with Crippen molar-refractivity contribution in [1.29, 1.82) is 0 Å². The highest BCUT2D eigenvalue weighted by Gasteiger charge is 2.33. The number of benzene rings is 1. The summed E-state index contributed by atoms with van der Waals surface area (Å²) >= 11 is 0. The summed E-state index contributed by atoms with van der Waals surface area (Å²) in [5.74, 6) is 0.106. The van der Waals surface area contributed by atoms with Gasteiger partial charge in [0, 0.05) is 17.0 Å². The number of carbonyl (C=O) groups excluding carboxylic acids is 1. The SMILES string of the molecule is Cc1cc(C)c(C=C2C(=O)N(CN3CCCC3)c3ccccc32)[nH]1. The van der Waals surface area contributed by atoms with Crippen LogP contribution in [0.25, 0.3) is 11.6 Å². The van der Waals surface area contributed by atoms with Gasteiger partial charge in [-0.2, -0.15) is 0 Å². The van der Waals surface area contributed by atoms with Crippen LogP contribution < -0.4 is 4.90 Å². The van der Waals surface area contributed by atoms with Gasteiger partial charge in [-0.1, -0.05) is 18.2 Å². The molecule has 2 aliphatic heterocycles. The second-order valence-electron chi connectivity index (χ2n) is 6.82. The summed E-state index contributed by atoms with van der Waals surface area (Å²) < 4.78 is 0. The van der Waals surface area contributed by atoms with Gasteiger partial charge in [0.1, 0.15) is 0 Å². The molecule has 1 aromatic carbocycles. The maximum absolute atomic E-state index is 13.1. The number of H-pyrrole nitrogens is 1. The van der Waals surface area contributed by atoms with Gasteiger partial charge in [0.05, 0.1) is 17.9 Å². The molecule has 0 radical (unpaired) electrons. The highest BCUT2D eigenvalue weighted by atomic mass is 16.2. The van der Waals surface area contributed by atoms with Crippen molar-refractivity contribution < 1.29 is 4.79 Å². The van der Waals surface area contributed by atoms with Crippen LogP contribution in [0.3, 0.4) is 0 Å². The number of fused-ring (bicyclic) bond motifs is 1. The summed E-state index contributed by atoms with van der Waals surface area (Å²) in [6.45, 7) is 6.97. The maximum atomic E-state index is 13.1. The minimum absolute atomic E-state index is 0.106. The van der Waals surface area contributed by atoms with E-state index in [9.17, 15) is 4.79 Å². The van der Waals surface area contributed by atoms with Gasteiger partial charge in [-0.05, 0) is 63.6 Å². The Morgan fingerprint density at radius 1 is 1.17 bits per heavy atom. The Kier molecular flexibility index (Phi) is 3.77. The van der Waals surface area contributed by atoms with Crippen LogP contribution in [0.1, 0.15) is 35.4 Å². The van der Waals surface area contributed by atoms with Crippen LogP contribution in [0.4, 0.5) is 5.69 Å². The minimum atomic E-state index is 0.106. The molecule has 0 bridgehead atoms. The molecule has 0 unspecified atom stereocenters. The third-order valence-corrected chi connectivity index (χ3v) is 4.98. The van der Waals surface area contributed by atoms with Crippen molar-refractivity contribution in [3.63, 3.8) is 0 Å². The molecule has 1 aromatic heterocycles. The zero-order valence-electron chi connectivity index (χ0n) is 14.3. The molecule has 1 saturated heterocycles. The summed E-state index contributed by atoms with van der Waals surface area (Å²) in [5.41, 5.74) is 6.16. The average Bonchev–Trinajstić information content (AvgIpc) is 3.24. The number of carbonyl (C=O) groups is 1. The van der Waals surface area contributed by atoms with Gasteiger partial charge >= 0.3 is 0 Å². The van der Waals surface area contributed by atoms with E-state index >= 15 is 0 Å². The summed E-state index contributed by atoms with van der Waals surface area (Å²) in [7, 11) is 0. The molecule has 3 heterocycles. The topological polar surface area (TPSA) is 39.3 Å². The fourth-order valence-electron chi connectivity index (χ4n) is 3.75. The Labute approximate surface area is 142 Å². The quantitative estimate of drug-likeness (QED) is 0.878. The van der Waals surface area contributed by atoms with Gasteiger partial charge in [-0.25, -0.2) is 0 Å². The Balaban J connectivity index is 1.73. The number of anilines is 1. The Morgan fingerprint density at radius 3 is 2.62 bits per heavy atom.